The molecule has 0 bridgehead atoms. The Morgan fingerprint density at radius 2 is 2.30 bits per heavy atom. The fraction of sp³-hybridized carbons (Fsp3) is 0.647. The molecule has 6 heteroatoms. The van der Waals surface area contributed by atoms with Crippen LogP contribution in [0, 0.1) is 0 Å². The van der Waals surface area contributed by atoms with Gasteiger partial charge in [0.25, 0.3) is 5.56 Å². The Morgan fingerprint density at radius 3 is 3.09 bits per heavy atom. The van der Waals surface area contributed by atoms with Crippen molar-refractivity contribution in [1.29, 1.82) is 0 Å². The van der Waals surface area contributed by atoms with Gasteiger partial charge in [-0.2, -0.15) is 0 Å². The molecule has 1 saturated heterocycles. The number of fused-ring (bicyclic) bond motifs is 3. The van der Waals surface area contributed by atoms with Crippen molar-refractivity contribution in [2.75, 3.05) is 12.4 Å². The van der Waals surface area contributed by atoms with Gasteiger partial charge in [-0.15, -0.1) is 11.3 Å². The number of rotatable bonds is 5. The lowest BCUT2D eigenvalue weighted by Gasteiger charge is -2.15. The molecule has 0 radical (unpaired) electrons. The third kappa shape index (κ3) is 2.85. The van der Waals surface area contributed by atoms with E-state index in [2.05, 4.69) is 6.92 Å². The summed E-state index contributed by atoms with van der Waals surface area (Å²) in [4.78, 5) is 20.4. The second kappa shape index (κ2) is 6.57. The van der Waals surface area contributed by atoms with E-state index in [1.807, 2.05) is 4.57 Å². The van der Waals surface area contributed by atoms with Gasteiger partial charge in [0, 0.05) is 17.2 Å². The van der Waals surface area contributed by atoms with Gasteiger partial charge in [-0.25, -0.2) is 4.98 Å². The zero-order valence-corrected chi connectivity index (χ0v) is 15.1. The van der Waals surface area contributed by atoms with Crippen LogP contribution in [0.2, 0.25) is 0 Å². The zero-order chi connectivity index (χ0) is 15.8. The van der Waals surface area contributed by atoms with Gasteiger partial charge in [-0.1, -0.05) is 18.7 Å². The minimum absolute atomic E-state index is 0.156. The molecule has 1 aliphatic heterocycles. The second-order valence-corrected chi connectivity index (χ2v) is 8.48. The van der Waals surface area contributed by atoms with E-state index in [4.69, 9.17) is 9.72 Å². The molecular weight excluding hydrogens is 328 g/mol. The number of aryl methyl sites for hydroxylation is 2. The van der Waals surface area contributed by atoms with Gasteiger partial charge in [-0.05, 0) is 44.1 Å². The van der Waals surface area contributed by atoms with Gasteiger partial charge in [0.15, 0.2) is 5.16 Å². The molecule has 1 atom stereocenters. The Balaban J connectivity index is 1.81. The summed E-state index contributed by atoms with van der Waals surface area (Å²) >= 11 is 3.43. The molecule has 0 amide bonds. The summed E-state index contributed by atoms with van der Waals surface area (Å²) in [6, 6.07) is 0. The van der Waals surface area contributed by atoms with Crippen molar-refractivity contribution in [2.45, 2.75) is 63.3 Å². The first kappa shape index (κ1) is 15.7. The van der Waals surface area contributed by atoms with Gasteiger partial charge >= 0.3 is 0 Å². The highest BCUT2D eigenvalue weighted by Gasteiger charge is 2.25. The number of aromatic nitrogens is 2. The summed E-state index contributed by atoms with van der Waals surface area (Å²) in [7, 11) is 0. The number of hydrogen-bond donors (Lipinski definition) is 0. The highest BCUT2D eigenvalue weighted by atomic mass is 32.2. The maximum Gasteiger partial charge on any atom is 0.263 e. The molecule has 1 fully saturated rings. The second-order valence-electron chi connectivity index (χ2n) is 6.33. The van der Waals surface area contributed by atoms with E-state index >= 15 is 0 Å². The average molecular weight is 351 g/mol. The Labute approximate surface area is 144 Å². The summed E-state index contributed by atoms with van der Waals surface area (Å²) in [6.07, 6.45) is 6.71. The molecule has 0 unspecified atom stereocenters. The van der Waals surface area contributed by atoms with E-state index in [0.29, 0.717) is 6.54 Å². The highest BCUT2D eigenvalue weighted by Crippen LogP contribution is 2.35. The Kier molecular flexibility index (Phi) is 4.48. The van der Waals surface area contributed by atoms with Crippen LogP contribution in [0.25, 0.3) is 10.2 Å². The van der Waals surface area contributed by atoms with Crippen molar-refractivity contribution in [3.8, 4) is 0 Å². The maximum absolute atomic E-state index is 13.2. The Morgan fingerprint density at radius 1 is 1.39 bits per heavy atom. The smallest absolute Gasteiger partial charge is 0.263 e. The van der Waals surface area contributed by atoms with Crippen molar-refractivity contribution in [3.63, 3.8) is 0 Å². The van der Waals surface area contributed by atoms with Crippen LogP contribution < -0.4 is 5.56 Å². The van der Waals surface area contributed by atoms with E-state index in [9.17, 15) is 4.79 Å². The van der Waals surface area contributed by atoms with Crippen LogP contribution in [0.4, 0.5) is 0 Å². The van der Waals surface area contributed by atoms with Gasteiger partial charge in [0.05, 0.1) is 18.0 Å². The third-order valence-electron chi connectivity index (χ3n) is 4.64. The van der Waals surface area contributed by atoms with Gasteiger partial charge in [0.2, 0.25) is 0 Å². The average Bonchev–Trinajstić information content (AvgIpc) is 3.24. The predicted octanol–water partition coefficient (Wildman–Crippen LogP) is 3.63. The molecule has 2 aromatic heterocycles. The van der Waals surface area contributed by atoms with Crippen molar-refractivity contribution < 1.29 is 4.74 Å². The van der Waals surface area contributed by atoms with Crippen LogP contribution in [0.5, 0.6) is 0 Å². The van der Waals surface area contributed by atoms with Crippen molar-refractivity contribution >= 4 is 33.3 Å². The first-order valence-corrected chi connectivity index (χ1v) is 10.4. The zero-order valence-electron chi connectivity index (χ0n) is 13.5. The molecule has 1 aliphatic carbocycles. The third-order valence-corrected chi connectivity index (χ3v) is 7.00. The number of hydrogen-bond acceptors (Lipinski definition) is 5. The molecule has 0 saturated carbocycles. The molecule has 0 N–H and O–H groups in total. The van der Waals surface area contributed by atoms with E-state index in [1.54, 1.807) is 23.1 Å². The molecule has 124 valence electrons. The molecule has 2 aliphatic rings. The minimum Gasteiger partial charge on any atom is -0.376 e. The van der Waals surface area contributed by atoms with Crippen LogP contribution in [0.1, 0.15) is 43.0 Å². The van der Waals surface area contributed by atoms with Gasteiger partial charge < -0.3 is 4.74 Å². The van der Waals surface area contributed by atoms with Crippen LogP contribution in [0.3, 0.4) is 0 Å². The number of thioether (sulfide) groups is 1. The molecular formula is C17H22N2O2S2. The van der Waals surface area contributed by atoms with Gasteiger partial charge in [0.1, 0.15) is 4.83 Å². The van der Waals surface area contributed by atoms with Crippen LogP contribution in [-0.2, 0) is 24.1 Å². The molecule has 4 nitrogen and oxygen atoms in total. The summed E-state index contributed by atoms with van der Waals surface area (Å²) in [5.41, 5.74) is 1.43. The van der Waals surface area contributed by atoms with Crippen LogP contribution in [0.15, 0.2) is 9.95 Å². The number of nitrogens with zero attached hydrogens (tertiary/aromatic N) is 2. The lowest BCUT2D eigenvalue weighted by Crippen LogP contribution is -2.29. The van der Waals surface area contributed by atoms with Crippen molar-refractivity contribution in [3.05, 3.63) is 20.8 Å². The summed E-state index contributed by atoms with van der Waals surface area (Å²) in [6.45, 7) is 3.63. The topological polar surface area (TPSA) is 44.1 Å². The fourth-order valence-electron chi connectivity index (χ4n) is 3.51. The number of thiophene rings is 1. The van der Waals surface area contributed by atoms with E-state index < -0.39 is 0 Å². The highest BCUT2D eigenvalue weighted by molar-refractivity contribution is 7.99. The first-order valence-electron chi connectivity index (χ1n) is 8.57. The summed E-state index contributed by atoms with van der Waals surface area (Å²) in [5, 5.41) is 1.76. The molecule has 0 spiro atoms. The van der Waals surface area contributed by atoms with Crippen molar-refractivity contribution in [2.24, 2.45) is 0 Å². The Hall–Kier alpha value is -0.850. The quantitative estimate of drug-likeness (QED) is 0.610. The van der Waals surface area contributed by atoms with E-state index in [1.165, 1.54) is 16.9 Å². The normalized spacial score (nSPS) is 20.5. The fourth-order valence-corrected chi connectivity index (χ4v) is 5.68. The lowest BCUT2D eigenvalue weighted by atomic mass is 10.2. The largest absolute Gasteiger partial charge is 0.376 e. The molecule has 0 aromatic carbocycles. The molecule has 2 aromatic rings. The standard InChI is InChI=1S/C17H22N2O2S2/c1-2-9-22-17-18-15-14(12-6-3-7-13(12)23-15)16(20)19(17)10-11-5-4-8-21-11/h11H,2-10H2,1H3/t11-/m1/s1. The molecule has 23 heavy (non-hydrogen) atoms. The minimum atomic E-state index is 0.156. The molecule has 4 rings (SSSR count). The summed E-state index contributed by atoms with van der Waals surface area (Å²) in [5.74, 6) is 0.995. The Bertz CT molecular complexity index is 775. The molecule has 3 heterocycles. The maximum atomic E-state index is 13.2. The SMILES string of the molecule is CCCSc1nc2sc3c(c2c(=O)n1C[C@H]1CCCO1)CCC3. The van der Waals surface area contributed by atoms with Crippen LogP contribution >= 0.6 is 23.1 Å². The van der Waals surface area contributed by atoms with Gasteiger partial charge in [-0.3, -0.25) is 9.36 Å². The number of ether oxygens (including phenoxy) is 1. The lowest BCUT2D eigenvalue weighted by molar-refractivity contribution is 0.0937. The predicted molar refractivity (Wildman–Crippen MR) is 95.9 cm³/mol. The van der Waals surface area contributed by atoms with Crippen molar-refractivity contribution in [1.82, 2.24) is 9.55 Å². The monoisotopic (exact) mass is 350 g/mol. The van der Waals surface area contributed by atoms with E-state index in [0.717, 1.165) is 59.8 Å². The summed E-state index contributed by atoms with van der Waals surface area (Å²) < 4.78 is 7.66. The first-order chi connectivity index (χ1) is 11.3. The van der Waals surface area contributed by atoms with Crippen LogP contribution in [-0.4, -0.2) is 28.0 Å². The van der Waals surface area contributed by atoms with E-state index in [-0.39, 0.29) is 11.7 Å².